The maximum Gasteiger partial charge on any atom is 0.0938 e. The minimum atomic E-state index is 1.12. The second-order valence-electron chi connectivity index (χ2n) is 4.28. The van der Waals surface area contributed by atoms with Crippen LogP contribution in [0.25, 0.3) is 10.2 Å². The molecular weight excluding hydrogens is 228 g/mol. The van der Waals surface area contributed by atoms with Gasteiger partial charge in [0.2, 0.25) is 0 Å². The highest BCUT2D eigenvalue weighted by atomic mass is 32.1. The molecule has 0 atom stereocenters. The van der Waals surface area contributed by atoms with Gasteiger partial charge in [-0.25, -0.2) is 4.98 Å². The number of nitrogens with zero attached hydrogens (tertiary/aromatic N) is 1. The summed E-state index contributed by atoms with van der Waals surface area (Å²) in [5.74, 6) is 0. The van der Waals surface area contributed by atoms with Gasteiger partial charge in [0.25, 0.3) is 0 Å². The van der Waals surface area contributed by atoms with Gasteiger partial charge in [-0.3, -0.25) is 0 Å². The summed E-state index contributed by atoms with van der Waals surface area (Å²) in [5, 5.41) is 4.71. The van der Waals surface area contributed by atoms with Crippen LogP contribution >= 0.6 is 11.3 Å². The molecule has 0 amide bonds. The quantitative estimate of drug-likeness (QED) is 0.757. The first-order chi connectivity index (χ1) is 8.40. The molecule has 1 aromatic carbocycles. The Balaban J connectivity index is 1.75. The Morgan fingerprint density at radius 2 is 2.06 bits per heavy atom. The second-order valence-corrected chi connectivity index (χ2v) is 5.40. The number of aromatic nitrogens is 1. The summed E-state index contributed by atoms with van der Waals surface area (Å²) in [5.41, 5.74) is 1.15. The molecule has 2 rings (SSSR count). The Labute approximate surface area is 107 Å². The van der Waals surface area contributed by atoms with E-state index < -0.39 is 0 Å². The van der Waals surface area contributed by atoms with E-state index in [0.29, 0.717) is 0 Å². The van der Waals surface area contributed by atoms with Crippen molar-refractivity contribution in [1.29, 1.82) is 0 Å². The number of fused-ring (bicyclic) bond motifs is 1. The third-order valence-corrected chi connectivity index (χ3v) is 3.86. The molecular formula is C14H20N2S. The lowest BCUT2D eigenvalue weighted by Crippen LogP contribution is -2.15. The fourth-order valence-corrected chi connectivity index (χ4v) is 2.86. The minimum absolute atomic E-state index is 1.12. The van der Waals surface area contributed by atoms with Gasteiger partial charge in [-0.15, -0.1) is 11.3 Å². The standard InChI is InChI=1S/C14H20N2S/c1-2-10-15-11-6-5-9-14-16-12-7-3-4-8-13(12)17-14/h3-4,7-8,15H,2,5-6,9-11H2,1H3. The number of nitrogens with one attached hydrogen (secondary N) is 1. The van der Waals surface area contributed by atoms with Crippen LogP contribution in [0.3, 0.4) is 0 Å². The van der Waals surface area contributed by atoms with Crippen molar-refractivity contribution < 1.29 is 0 Å². The van der Waals surface area contributed by atoms with Crippen LogP contribution in [0.2, 0.25) is 0 Å². The maximum atomic E-state index is 4.64. The van der Waals surface area contributed by atoms with E-state index in [1.807, 2.05) is 11.3 Å². The largest absolute Gasteiger partial charge is 0.317 e. The number of hydrogen-bond acceptors (Lipinski definition) is 3. The molecule has 0 radical (unpaired) electrons. The molecule has 3 heteroatoms. The van der Waals surface area contributed by atoms with Gasteiger partial charge >= 0.3 is 0 Å². The Bertz CT molecular complexity index is 417. The number of rotatable bonds is 7. The molecule has 2 nitrogen and oxygen atoms in total. The number of unbranched alkanes of at least 4 members (excludes halogenated alkanes) is 1. The van der Waals surface area contributed by atoms with Crippen molar-refractivity contribution in [2.75, 3.05) is 13.1 Å². The van der Waals surface area contributed by atoms with Crippen LogP contribution in [0.15, 0.2) is 24.3 Å². The van der Waals surface area contributed by atoms with Crippen molar-refractivity contribution >= 4 is 21.6 Å². The molecule has 0 spiro atoms. The number of benzene rings is 1. The third kappa shape index (κ3) is 3.79. The summed E-state index contributed by atoms with van der Waals surface area (Å²) >= 11 is 1.83. The van der Waals surface area contributed by atoms with Crippen LogP contribution in [0, 0.1) is 0 Å². The van der Waals surface area contributed by atoms with Gasteiger partial charge in [0, 0.05) is 0 Å². The highest BCUT2D eigenvalue weighted by Crippen LogP contribution is 2.22. The van der Waals surface area contributed by atoms with Crippen molar-refractivity contribution in [2.24, 2.45) is 0 Å². The topological polar surface area (TPSA) is 24.9 Å². The summed E-state index contributed by atoms with van der Waals surface area (Å²) < 4.78 is 1.31. The first-order valence-corrected chi connectivity index (χ1v) is 7.27. The molecule has 2 aromatic rings. The van der Waals surface area contributed by atoms with Crippen molar-refractivity contribution in [3.8, 4) is 0 Å². The van der Waals surface area contributed by atoms with E-state index in [4.69, 9.17) is 0 Å². The van der Waals surface area contributed by atoms with Crippen LogP contribution in [0.5, 0.6) is 0 Å². The molecule has 0 bridgehead atoms. The molecule has 0 saturated heterocycles. The van der Waals surface area contributed by atoms with Crippen molar-refractivity contribution in [2.45, 2.75) is 32.6 Å². The zero-order valence-electron chi connectivity index (χ0n) is 10.4. The van der Waals surface area contributed by atoms with Crippen LogP contribution in [-0.2, 0) is 6.42 Å². The van der Waals surface area contributed by atoms with Crippen LogP contribution in [0.1, 0.15) is 31.2 Å². The normalized spacial score (nSPS) is 11.1. The van der Waals surface area contributed by atoms with E-state index in [0.717, 1.165) is 25.0 Å². The first kappa shape index (κ1) is 12.5. The average molecular weight is 248 g/mol. The summed E-state index contributed by atoms with van der Waals surface area (Å²) in [4.78, 5) is 4.64. The van der Waals surface area contributed by atoms with E-state index in [1.165, 1.54) is 29.0 Å². The number of aryl methyl sites for hydroxylation is 1. The van der Waals surface area contributed by atoms with E-state index in [-0.39, 0.29) is 0 Å². The van der Waals surface area contributed by atoms with Crippen LogP contribution in [0.4, 0.5) is 0 Å². The van der Waals surface area contributed by atoms with Gasteiger partial charge < -0.3 is 5.32 Å². The molecule has 0 fully saturated rings. The number of para-hydroxylation sites is 1. The first-order valence-electron chi connectivity index (χ1n) is 6.45. The lowest BCUT2D eigenvalue weighted by molar-refractivity contribution is 0.616. The second kappa shape index (κ2) is 6.72. The van der Waals surface area contributed by atoms with Crippen LogP contribution < -0.4 is 5.32 Å². The Morgan fingerprint density at radius 1 is 1.18 bits per heavy atom. The molecule has 1 aromatic heterocycles. The Hall–Kier alpha value is -0.930. The summed E-state index contributed by atoms with van der Waals surface area (Å²) in [7, 11) is 0. The molecule has 0 aliphatic heterocycles. The van der Waals surface area contributed by atoms with E-state index in [1.54, 1.807) is 0 Å². The predicted molar refractivity (Wildman–Crippen MR) is 75.7 cm³/mol. The van der Waals surface area contributed by atoms with Gasteiger partial charge in [0.1, 0.15) is 0 Å². The predicted octanol–water partition coefficient (Wildman–Crippen LogP) is 3.62. The summed E-state index contributed by atoms with van der Waals surface area (Å²) in [6.45, 7) is 4.48. The van der Waals surface area contributed by atoms with Gasteiger partial charge in [-0.05, 0) is 50.9 Å². The molecule has 0 aliphatic carbocycles. The zero-order chi connectivity index (χ0) is 11.9. The number of thiazole rings is 1. The fourth-order valence-electron chi connectivity index (χ4n) is 1.85. The smallest absolute Gasteiger partial charge is 0.0938 e. The SMILES string of the molecule is CCCNCCCCc1nc2ccccc2s1. The molecule has 17 heavy (non-hydrogen) atoms. The average Bonchev–Trinajstić information content (AvgIpc) is 2.76. The lowest BCUT2D eigenvalue weighted by Gasteiger charge is -2.01. The van der Waals surface area contributed by atoms with Crippen LogP contribution in [-0.4, -0.2) is 18.1 Å². The maximum absolute atomic E-state index is 4.64. The molecule has 0 aliphatic rings. The highest BCUT2D eigenvalue weighted by molar-refractivity contribution is 7.18. The third-order valence-electron chi connectivity index (χ3n) is 2.76. The molecule has 0 unspecified atom stereocenters. The molecule has 0 saturated carbocycles. The highest BCUT2D eigenvalue weighted by Gasteiger charge is 2.02. The molecule has 1 N–H and O–H groups in total. The fraction of sp³-hybridized carbons (Fsp3) is 0.500. The molecule has 92 valence electrons. The zero-order valence-corrected chi connectivity index (χ0v) is 11.2. The number of hydrogen-bond donors (Lipinski definition) is 1. The van der Waals surface area contributed by atoms with Crippen molar-refractivity contribution in [3.63, 3.8) is 0 Å². The van der Waals surface area contributed by atoms with E-state index in [2.05, 4.69) is 41.5 Å². The van der Waals surface area contributed by atoms with Crippen molar-refractivity contribution in [1.82, 2.24) is 10.3 Å². The monoisotopic (exact) mass is 248 g/mol. The molecule has 1 heterocycles. The van der Waals surface area contributed by atoms with Gasteiger partial charge in [0.15, 0.2) is 0 Å². The Morgan fingerprint density at radius 3 is 2.88 bits per heavy atom. The summed E-state index contributed by atoms with van der Waals surface area (Å²) in [6, 6.07) is 8.39. The lowest BCUT2D eigenvalue weighted by atomic mass is 10.2. The van der Waals surface area contributed by atoms with E-state index in [9.17, 15) is 0 Å². The Kier molecular flexibility index (Phi) is 4.95. The van der Waals surface area contributed by atoms with Gasteiger partial charge in [-0.2, -0.15) is 0 Å². The van der Waals surface area contributed by atoms with Gasteiger partial charge in [-0.1, -0.05) is 19.1 Å². The van der Waals surface area contributed by atoms with E-state index >= 15 is 0 Å². The van der Waals surface area contributed by atoms with Crippen molar-refractivity contribution in [3.05, 3.63) is 29.3 Å². The summed E-state index contributed by atoms with van der Waals surface area (Å²) in [6.07, 6.45) is 4.82. The van der Waals surface area contributed by atoms with Gasteiger partial charge in [0.05, 0.1) is 15.2 Å². The minimum Gasteiger partial charge on any atom is -0.317 e.